The van der Waals surface area contributed by atoms with Gasteiger partial charge in [0.25, 0.3) is 5.91 Å². The van der Waals surface area contributed by atoms with E-state index in [-0.39, 0.29) is 5.91 Å². The van der Waals surface area contributed by atoms with Crippen molar-refractivity contribution in [1.29, 1.82) is 0 Å². The Balaban J connectivity index is 1.55. The average molecular weight is 284 g/mol. The summed E-state index contributed by atoms with van der Waals surface area (Å²) in [5, 5.41) is 0.986. The minimum atomic E-state index is 0.0224. The van der Waals surface area contributed by atoms with Crippen molar-refractivity contribution in [3.05, 3.63) is 36.1 Å². The van der Waals surface area contributed by atoms with Crippen molar-refractivity contribution in [2.75, 3.05) is 13.1 Å². The average Bonchev–Trinajstić information content (AvgIpc) is 3.09. The van der Waals surface area contributed by atoms with Crippen LogP contribution in [0.3, 0.4) is 0 Å². The summed E-state index contributed by atoms with van der Waals surface area (Å²) in [6.07, 6.45) is 3.29. The Morgan fingerprint density at radius 2 is 2.00 bits per heavy atom. The standard InChI is InChI=1S/C17H20N2O2/c18-14-6-5-12-9-19(10-13(12)7-14)17(20)16-8-11-3-1-2-4-15(11)21-16/h1-4,8,12-14H,5-7,9-10,18H2/t12-,13+,14?/m1/s1. The highest BCUT2D eigenvalue weighted by Crippen LogP contribution is 2.36. The van der Waals surface area contributed by atoms with Crippen LogP contribution in [0.5, 0.6) is 0 Å². The summed E-state index contributed by atoms with van der Waals surface area (Å²) in [6.45, 7) is 1.68. The van der Waals surface area contributed by atoms with E-state index in [4.69, 9.17) is 10.2 Å². The molecule has 110 valence electrons. The topological polar surface area (TPSA) is 59.5 Å². The molecule has 1 aromatic heterocycles. The molecule has 1 aliphatic heterocycles. The van der Waals surface area contributed by atoms with Gasteiger partial charge in [0.15, 0.2) is 5.76 Å². The van der Waals surface area contributed by atoms with E-state index < -0.39 is 0 Å². The van der Waals surface area contributed by atoms with Crippen LogP contribution in [0, 0.1) is 11.8 Å². The van der Waals surface area contributed by atoms with Crippen molar-refractivity contribution >= 4 is 16.9 Å². The van der Waals surface area contributed by atoms with Crippen LogP contribution in [0.15, 0.2) is 34.7 Å². The molecule has 21 heavy (non-hydrogen) atoms. The van der Waals surface area contributed by atoms with Crippen LogP contribution in [0.2, 0.25) is 0 Å². The highest BCUT2D eigenvalue weighted by Gasteiger charge is 2.39. The second-order valence-electron chi connectivity index (χ2n) is 6.45. The molecule has 0 radical (unpaired) electrons. The zero-order valence-corrected chi connectivity index (χ0v) is 12.0. The van der Waals surface area contributed by atoms with Gasteiger partial charge in [-0.2, -0.15) is 0 Å². The maximum atomic E-state index is 12.6. The maximum absolute atomic E-state index is 12.6. The third kappa shape index (κ3) is 2.23. The first-order chi connectivity index (χ1) is 10.2. The number of furan rings is 1. The number of amides is 1. The van der Waals surface area contributed by atoms with Gasteiger partial charge in [0, 0.05) is 24.5 Å². The molecule has 4 heteroatoms. The van der Waals surface area contributed by atoms with Gasteiger partial charge in [-0.15, -0.1) is 0 Å². The molecule has 2 aliphatic rings. The van der Waals surface area contributed by atoms with Gasteiger partial charge in [0.05, 0.1) is 0 Å². The summed E-state index contributed by atoms with van der Waals surface area (Å²) in [6, 6.07) is 9.91. The van der Waals surface area contributed by atoms with Crippen LogP contribution < -0.4 is 5.73 Å². The fourth-order valence-corrected chi connectivity index (χ4v) is 3.88. The van der Waals surface area contributed by atoms with E-state index in [0.717, 1.165) is 43.3 Å². The number of nitrogens with two attached hydrogens (primary N) is 1. The predicted octanol–water partition coefficient (Wildman–Crippen LogP) is 2.63. The van der Waals surface area contributed by atoms with Gasteiger partial charge in [-0.3, -0.25) is 4.79 Å². The summed E-state index contributed by atoms with van der Waals surface area (Å²) >= 11 is 0. The normalized spacial score (nSPS) is 28.8. The second kappa shape index (κ2) is 4.88. The lowest BCUT2D eigenvalue weighted by molar-refractivity contribution is 0.0754. The zero-order valence-electron chi connectivity index (χ0n) is 12.0. The number of nitrogens with zero attached hydrogens (tertiary/aromatic N) is 1. The molecule has 2 heterocycles. The number of rotatable bonds is 1. The zero-order chi connectivity index (χ0) is 14.4. The number of para-hydroxylation sites is 1. The van der Waals surface area contributed by atoms with Gasteiger partial charge >= 0.3 is 0 Å². The first kappa shape index (κ1) is 12.9. The maximum Gasteiger partial charge on any atom is 0.289 e. The molecule has 4 rings (SSSR count). The fraction of sp³-hybridized carbons (Fsp3) is 0.471. The molecule has 3 atom stereocenters. The Kier molecular flexibility index (Phi) is 3.00. The molecule has 1 saturated carbocycles. The van der Waals surface area contributed by atoms with E-state index >= 15 is 0 Å². The number of hydrogen-bond donors (Lipinski definition) is 1. The highest BCUT2D eigenvalue weighted by atomic mass is 16.3. The lowest BCUT2D eigenvalue weighted by Gasteiger charge is -2.27. The smallest absolute Gasteiger partial charge is 0.289 e. The van der Waals surface area contributed by atoms with E-state index in [1.807, 2.05) is 35.2 Å². The van der Waals surface area contributed by atoms with Crippen molar-refractivity contribution < 1.29 is 9.21 Å². The van der Waals surface area contributed by atoms with E-state index in [1.165, 1.54) is 0 Å². The molecule has 1 aromatic carbocycles. The van der Waals surface area contributed by atoms with E-state index in [0.29, 0.717) is 23.6 Å². The van der Waals surface area contributed by atoms with E-state index in [2.05, 4.69) is 0 Å². The first-order valence-corrected chi connectivity index (χ1v) is 7.74. The molecule has 1 aliphatic carbocycles. The van der Waals surface area contributed by atoms with Crippen LogP contribution >= 0.6 is 0 Å². The van der Waals surface area contributed by atoms with Gasteiger partial charge in [-0.25, -0.2) is 0 Å². The van der Waals surface area contributed by atoms with Crippen molar-refractivity contribution in [2.24, 2.45) is 17.6 Å². The molecule has 1 unspecified atom stereocenters. The van der Waals surface area contributed by atoms with Gasteiger partial charge in [-0.1, -0.05) is 18.2 Å². The summed E-state index contributed by atoms with van der Waals surface area (Å²) in [4.78, 5) is 14.6. The van der Waals surface area contributed by atoms with Gasteiger partial charge in [0.1, 0.15) is 5.58 Å². The van der Waals surface area contributed by atoms with Crippen LogP contribution in [0.1, 0.15) is 29.8 Å². The molecule has 2 aromatic rings. The van der Waals surface area contributed by atoms with Gasteiger partial charge in [-0.05, 0) is 43.2 Å². The molecule has 0 spiro atoms. The summed E-state index contributed by atoms with van der Waals surface area (Å²) < 4.78 is 5.70. The van der Waals surface area contributed by atoms with E-state index in [9.17, 15) is 4.79 Å². The van der Waals surface area contributed by atoms with Crippen molar-refractivity contribution in [1.82, 2.24) is 4.90 Å². The Bertz CT molecular complexity index is 645. The molecule has 4 nitrogen and oxygen atoms in total. The third-order valence-electron chi connectivity index (χ3n) is 5.01. The number of fused-ring (bicyclic) bond motifs is 2. The number of carbonyl (C=O) groups excluding carboxylic acids is 1. The van der Waals surface area contributed by atoms with Crippen LogP contribution in [-0.2, 0) is 0 Å². The quantitative estimate of drug-likeness (QED) is 0.875. The monoisotopic (exact) mass is 284 g/mol. The number of benzene rings is 1. The van der Waals surface area contributed by atoms with Crippen LogP contribution in [-0.4, -0.2) is 29.9 Å². The Morgan fingerprint density at radius 1 is 1.19 bits per heavy atom. The van der Waals surface area contributed by atoms with Crippen molar-refractivity contribution in [3.63, 3.8) is 0 Å². The predicted molar refractivity (Wildman–Crippen MR) is 80.9 cm³/mol. The molecular formula is C17H20N2O2. The molecule has 1 saturated heterocycles. The number of likely N-dealkylation sites (tertiary alicyclic amines) is 1. The molecule has 2 N–H and O–H groups in total. The minimum absolute atomic E-state index is 0.0224. The number of hydrogen-bond acceptors (Lipinski definition) is 3. The largest absolute Gasteiger partial charge is 0.451 e. The highest BCUT2D eigenvalue weighted by molar-refractivity contribution is 5.96. The lowest BCUT2D eigenvalue weighted by atomic mass is 9.79. The SMILES string of the molecule is NC1CC[C@@H]2CN(C(=O)c3cc4ccccc4o3)C[C@@H]2C1. The Morgan fingerprint density at radius 3 is 2.86 bits per heavy atom. The van der Waals surface area contributed by atoms with E-state index in [1.54, 1.807) is 0 Å². The second-order valence-corrected chi connectivity index (χ2v) is 6.45. The first-order valence-electron chi connectivity index (χ1n) is 7.74. The molecule has 1 amide bonds. The number of carbonyl (C=O) groups is 1. The summed E-state index contributed by atoms with van der Waals surface area (Å²) in [5.41, 5.74) is 6.83. The summed E-state index contributed by atoms with van der Waals surface area (Å²) in [5.74, 6) is 1.67. The molecular weight excluding hydrogens is 264 g/mol. The molecule has 2 fully saturated rings. The van der Waals surface area contributed by atoms with Crippen molar-refractivity contribution in [3.8, 4) is 0 Å². The Labute approximate surface area is 123 Å². The fourth-order valence-electron chi connectivity index (χ4n) is 3.88. The minimum Gasteiger partial charge on any atom is -0.451 e. The van der Waals surface area contributed by atoms with Crippen LogP contribution in [0.25, 0.3) is 11.0 Å². The third-order valence-corrected chi connectivity index (χ3v) is 5.01. The summed E-state index contributed by atoms with van der Waals surface area (Å²) in [7, 11) is 0. The van der Waals surface area contributed by atoms with Gasteiger partial charge in [0.2, 0.25) is 0 Å². The van der Waals surface area contributed by atoms with Gasteiger partial charge < -0.3 is 15.1 Å². The molecule has 0 bridgehead atoms. The van der Waals surface area contributed by atoms with Crippen LogP contribution in [0.4, 0.5) is 0 Å². The Hall–Kier alpha value is -1.81. The van der Waals surface area contributed by atoms with Crippen molar-refractivity contribution in [2.45, 2.75) is 25.3 Å². The lowest BCUT2D eigenvalue weighted by Crippen LogP contribution is -2.32.